The summed E-state index contributed by atoms with van der Waals surface area (Å²) in [7, 11) is 0. The number of hydrogen-bond acceptors (Lipinski definition) is 4. The Morgan fingerprint density at radius 2 is 0.841 bits per heavy atom. The van der Waals surface area contributed by atoms with Crippen LogP contribution in [0.15, 0.2) is 140 Å². The highest BCUT2D eigenvalue weighted by Gasteiger charge is 2.22. The van der Waals surface area contributed by atoms with E-state index in [2.05, 4.69) is 144 Å². The van der Waals surface area contributed by atoms with Gasteiger partial charge in [0.2, 0.25) is 0 Å². The summed E-state index contributed by atoms with van der Waals surface area (Å²) >= 11 is 5.65. The molecular formula is C40H23NS3. The van der Waals surface area contributed by atoms with Crippen molar-refractivity contribution in [3.63, 3.8) is 0 Å². The van der Waals surface area contributed by atoms with Crippen LogP contribution in [0.3, 0.4) is 0 Å². The molecule has 0 aliphatic heterocycles. The summed E-state index contributed by atoms with van der Waals surface area (Å²) in [5.41, 5.74) is 3.58. The third-order valence-corrected chi connectivity index (χ3v) is 12.3. The summed E-state index contributed by atoms with van der Waals surface area (Å²) in [6.45, 7) is 0. The van der Waals surface area contributed by atoms with E-state index < -0.39 is 0 Å². The van der Waals surface area contributed by atoms with E-state index in [0.29, 0.717) is 0 Å². The maximum absolute atomic E-state index is 2.50. The highest BCUT2D eigenvalue weighted by atomic mass is 32.1. The van der Waals surface area contributed by atoms with E-state index in [9.17, 15) is 0 Å². The molecule has 0 unspecified atom stereocenters. The van der Waals surface area contributed by atoms with Gasteiger partial charge in [-0.1, -0.05) is 91.0 Å². The Morgan fingerprint density at radius 1 is 0.364 bits per heavy atom. The molecule has 0 amide bonds. The fourth-order valence-electron chi connectivity index (χ4n) is 6.86. The molecule has 7 aromatic carbocycles. The third-order valence-electron chi connectivity index (χ3n) is 8.83. The first kappa shape index (κ1) is 24.7. The highest BCUT2D eigenvalue weighted by Crippen LogP contribution is 2.49. The normalized spacial score (nSPS) is 12.1. The summed E-state index contributed by atoms with van der Waals surface area (Å²) in [5.74, 6) is 0. The molecule has 10 rings (SSSR count). The summed E-state index contributed by atoms with van der Waals surface area (Å²) in [5, 5.41) is 10.5. The molecule has 0 radical (unpaired) electrons. The van der Waals surface area contributed by atoms with Gasteiger partial charge in [-0.25, -0.2) is 0 Å². The minimum atomic E-state index is 1.18. The van der Waals surface area contributed by atoms with Gasteiger partial charge >= 0.3 is 0 Å². The molecule has 0 aliphatic rings. The van der Waals surface area contributed by atoms with Crippen molar-refractivity contribution in [1.29, 1.82) is 0 Å². The van der Waals surface area contributed by atoms with Crippen LogP contribution in [0.25, 0.3) is 71.3 Å². The Labute approximate surface area is 265 Å². The Hall–Kier alpha value is -4.74. The lowest BCUT2D eigenvalue weighted by Crippen LogP contribution is -2.10. The van der Waals surface area contributed by atoms with Crippen molar-refractivity contribution in [2.75, 3.05) is 4.90 Å². The number of benzene rings is 7. The molecule has 0 atom stereocenters. The second-order valence-corrected chi connectivity index (χ2v) is 14.5. The van der Waals surface area contributed by atoms with Gasteiger partial charge in [0.1, 0.15) is 0 Å². The van der Waals surface area contributed by atoms with Gasteiger partial charge in [0, 0.05) is 67.2 Å². The van der Waals surface area contributed by atoms with Gasteiger partial charge in [0.15, 0.2) is 0 Å². The average Bonchev–Trinajstić information content (AvgIpc) is 3.76. The summed E-state index contributed by atoms with van der Waals surface area (Å²) in [6, 6.07) is 51.7. The fraction of sp³-hybridized carbons (Fsp3) is 0. The van der Waals surface area contributed by atoms with E-state index >= 15 is 0 Å². The quantitative estimate of drug-likeness (QED) is 0.192. The van der Waals surface area contributed by atoms with Gasteiger partial charge in [0.25, 0.3) is 0 Å². The van der Waals surface area contributed by atoms with Crippen LogP contribution in [0.5, 0.6) is 0 Å². The van der Waals surface area contributed by atoms with Gasteiger partial charge in [-0.15, -0.1) is 34.0 Å². The second kappa shape index (κ2) is 9.38. The smallest absolute Gasteiger partial charge is 0.0646 e. The molecule has 0 saturated carbocycles. The maximum atomic E-state index is 2.50. The Kier molecular flexibility index (Phi) is 5.26. The average molecular weight is 614 g/mol. The lowest BCUT2D eigenvalue weighted by Gasteiger charge is -2.27. The van der Waals surface area contributed by atoms with Gasteiger partial charge in [-0.3, -0.25) is 0 Å². The SMILES string of the molecule is c1ccc2c(c1)cc(N(c1ccc3c(c1)sc1ccccc13)c1ccc3c(c1)sc1ccccc13)c1sc3ccccc3c12. The number of nitrogens with zero attached hydrogens (tertiary/aromatic N) is 1. The molecule has 0 N–H and O–H groups in total. The first-order valence-electron chi connectivity index (χ1n) is 14.8. The molecule has 44 heavy (non-hydrogen) atoms. The minimum Gasteiger partial charge on any atom is -0.309 e. The Morgan fingerprint density at radius 3 is 1.45 bits per heavy atom. The first-order valence-corrected chi connectivity index (χ1v) is 17.2. The van der Waals surface area contributed by atoms with Crippen molar-refractivity contribution >= 4 is 122 Å². The van der Waals surface area contributed by atoms with Crippen molar-refractivity contribution in [2.24, 2.45) is 0 Å². The standard InChI is InChI=1S/C40H23NS3/c1-2-10-27-24(9-1)21-33(40-39(27)32-13-5-8-16-36(32)44-40)41(25-17-19-30-28-11-3-6-14-34(28)42-37(30)22-25)26-18-20-31-29-12-4-7-15-35(29)43-38(31)23-26/h1-23H. The van der Waals surface area contributed by atoms with Crippen LogP contribution in [0.1, 0.15) is 0 Å². The van der Waals surface area contributed by atoms with Gasteiger partial charge in [-0.2, -0.15) is 0 Å². The largest absolute Gasteiger partial charge is 0.309 e. The molecule has 1 nitrogen and oxygen atoms in total. The number of rotatable bonds is 3. The molecule has 3 heterocycles. The Bertz CT molecular complexity index is 2630. The van der Waals surface area contributed by atoms with Crippen LogP contribution in [0.2, 0.25) is 0 Å². The lowest BCUT2D eigenvalue weighted by molar-refractivity contribution is 1.32. The monoisotopic (exact) mass is 613 g/mol. The molecule has 206 valence electrons. The second-order valence-electron chi connectivity index (χ2n) is 11.3. The highest BCUT2D eigenvalue weighted by molar-refractivity contribution is 7.27. The van der Waals surface area contributed by atoms with Crippen molar-refractivity contribution in [3.05, 3.63) is 140 Å². The molecule has 0 saturated heterocycles. The van der Waals surface area contributed by atoms with Crippen LogP contribution < -0.4 is 4.90 Å². The van der Waals surface area contributed by atoms with E-state index in [0.717, 1.165) is 0 Å². The van der Waals surface area contributed by atoms with Gasteiger partial charge in [0.05, 0.1) is 10.4 Å². The van der Waals surface area contributed by atoms with E-state index in [1.807, 2.05) is 34.0 Å². The van der Waals surface area contributed by atoms with Gasteiger partial charge in [-0.05, 0) is 59.3 Å². The zero-order valence-corrected chi connectivity index (χ0v) is 25.9. The molecular weight excluding hydrogens is 591 g/mol. The number of thiophene rings is 3. The van der Waals surface area contributed by atoms with Crippen LogP contribution >= 0.6 is 34.0 Å². The summed E-state index contributed by atoms with van der Waals surface area (Å²) in [6.07, 6.45) is 0. The van der Waals surface area contributed by atoms with E-state index in [1.165, 1.54) is 88.4 Å². The van der Waals surface area contributed by atoms with Crippen LogP contribution in [0, 0.1) is 0 Å². The third kappa shape index (κ3) is 3.56. The number of fused-ring (bicyclic) bond motifs is 11. The van der Waals surface area contributed by atoms with E-state index in [1.54, 1.807) is 0 Å². The maximum Gasteiger partial charge on any atom is 0.0646 e. The van der Waals surface area contributed by atoms with Crippen LogP contribution in [0.4, 0.5) is 17.1 Å². The van der Waals surface area contributed by atoms with Crippen molar-refractivity contribution in [3.8, 4) is 0 Å². The Balaban J connectivity index is 1.31. The van der Waals surface area contributed by atoms with Crippen molar-refractivity contribution in [1.82, 2.24) is 0 Å². The summed E-state index contributed by atoms with van der Waals surface area (Å²) < 4.78 is 7.92. The molecule has 10 aromatic rings. The predicted molar refractivity (Wildman–Crippen MR) is 197 cm³/mol. The number of hydrogen-bond donors (Lipinski definition) is 0. The topological polar surface area (TPSA) is 3.24 Å². The minimum absolute atomic E-state index is 1.18. The molecule has 0 aliphatic carbocycles. The molecule has 0 fully saturated rings. The first-order chi connectivity index (χ1) is 21.8. The zero-order valence-electron chi connectivity index (χ0n) is 23.5. The van der Waals surface area contributed by atoms with E-state index in [4.69, 9.17) is 0 Å². The fourth-order valence-corrected chi connectivity index (χ4v) is 10.4. The predicted octanol–water partition coefficient (Wildman–Crippen LogP) is 13.4. The van der Waals surface area contributed by atoms with Crippen molar-refractivity contribution < 1.29 is 0 Å². The van der Waals surface area contributed by atoms with E-state index in [-0.39, 0.29) is 0 Å². The lowest BCUT2D eigenvalue weighted by atomic mass is 10.0. The van der Waals surface area contributed by atoms with Crippen LogP contribution in [-0.2, 0) is 0 Å². The molecule has 4 heteroatoms. The molecule has 0 bridgehead atoms. The van der Waals surface area contributed by atoms with Crippen molar-refractivity contribution in [2.45, 2.75) is 0 Å². The zero-order chi connectivity index (χ0) is 28.8. The number of anilines is 3. The van der Waals surface area contributed by atoms with Crippen LogP contribution in [-0.4, -0.2) is 0 Å². The van der Waals surface area contributed by atoms with Gasteiger partial charge < -0.3 is 4.90 Å². The molecule has 3 aromatic heterocycles. The molecule has 0 spiro atoms. The summed E-state index contributed by atoms with van der Waals surface area (Å²) in [4.78, 5) is 2.50.